The van der Waals surface area contributed by atoms with Gasteiger partial charge in [0.2, 0.25) is 0 Å². The second kappa shape index (κ2) is 11.1. The lowest BCUT2D eigenvalue weighted by atomic mass is 9.89. The van der Waals surface area contributed by atoms with Crippen molar-refractivity contribution in [2.24, 2.45) is 0 Å². The predicted octanol–water partition coefficient (Wildman–Crippen LogP) is 6.04. The zero-order valence-electron chi connectivity index (χ0n) is 20.9. The molecule has 2 aliphatic rings. The van der Waals surface area contributed by atoms with Crippen LogP contribution >= 0.6 is 0 Å². The highest BCUT2D eigenvalue weighted by atomic mass is 19.4. The maximum absolute atomic E-state index is 12.9. The molecular weight excluding hydrogens is 497 g/mol. The summed E-state index contributed by atoms with van der Waals surface area (Å²) in [6.45, 7) is 1.55. The van der Waals surface area contributed by atoms with Crippen LogP contribution in [-0.2, 0) is 6.18 Å². The molecular formula is C28H31F3N4O3. The summed E-state index contributed by atoms with van der Waals surface area (Å²) in [6, 6.07) is 12.9. The first-order valence-electron chi connectivity index (χ1n) is 13.0. The quantitative estimate of drug-likeness (QED) is 0.344. The van der Waals surface area contributed by atoms with Crippen molar-refractivity contribution in [3.63, 3.8) is 0 Å². The summed E-state index contributed by atoms with van der Waals surface area (Å²) in [6.07, 6.45) is 3.39. The number of hydrogen-bond donors (Lipinski definition) is 3. The molecule has 0 bridgehead atoms. The van der Waals surface area contributed by atoms with Crippen molar-refractivity contribution in [2.45, 2.75) is 62.8 Å². The van der Waals surface area contributed by atoms with Gasteiger partial charge in [-0.1, -0.05) is 25.0 Å². The van der Waals surface area contributed by atoms with Gasteiger partial charge in [0.1, 0.15) is 0 Å². The summed E-state index contributed by atoms with van der Waals surface area (Å²) < 4.78 is 44.8. The lowest BCUT2D eigenvalue weighted by molar-refractivity contribution is -0.137. The molecule has 2 aromatic carbocycles. The molecule has 1 saturated carbocycles. The number of carboxylic acids is 1. The van der Waals surface area contributed by atoms with Crippen LogP contribution in [0.15, 0.2) is 59.1 Å². The van der Waals surface area contributed by atoms with Crippen LogP contribution in [0.3, 0.4) is 0 Å². The molecule has 2 heterocycles. The van der Waals surface area contributed by atoms with Crippen LogP contribution in [0.25, 0.3) is 11.3 Å². The van der Waals surface area contributed by atoms with Crippen molar-refractivity contribution in [3.8, 4) is 11.3 Å². The minimum Gasteiger partial charge on any atom is -0.478 e. The molecule has 1 unspecified atom stereocenters. The first-order valence-corrected chi connectivity index (χ1v) is 13.0. The molecule has 5 rings (SSSR count). The number of halogens is 3. The van der Waals surface area contributed by atoms with E-state index in [0.29, 0.717) is 17.3 Å². The summed E-state index contributed by atoms with van der Waals surface area (Å²) in [5.74, 6) is -0.504. The van der Waals surface area contributed by atoms with Gasteiger partial charge in [-0.25, -0.2) is 9.78 Å². The van der Waals surface area contributed by atoms with Crippen molar-refractivity contribution >= 4 is 17.7 Å². The molecule has 0 spiro atoms. The van der Waals surface area contributed by atoms with Gasteiger partial charge in [0.05, 0.1) is 17.3 Å². The average molecular weight is 529 g/mol. The van der Waals surface area contributed by atoms with Crippen molar-refractivity contribution in [1.29, 1.82) is 0 Å². The Morgan fingerprint density at radius 1 is 1.03 bits per heavy atom. The first-order chi connectivity index (χ1) is 18.3. The third-order valence-corrected chi connectivity index (χ3v) is 7.41. The van der Waals surface area contributed by atoms with Gasteiger partial charge in [-0.15, -0.1) is 0 Å². The Hall–Kier alpha value is -3.53. The Balaban J connectivity index is 1.22. The fourth-order valence-corrected chi connectivity index (χ4v) is 5.45. The van der Waals surface area contributed by atoms with E-state index in [1.807, 2.05) is 0 Å². The highest BCUT2D eigenvalue weighted by molar-refractivity contribution is 5.89. The summed E-state index contributed by atoms with van der Waals surface area (Å²) in [5, 5.41) is 16.5. The van der Waals surface area contributed by atoms with E-state index in [0.717, 1.165) is 69.4 Å². The van der Waals surface area contributed by atoms with E-state index in [1.165, 1.54) is 6.07 Å². The van der Waals surface area contributed by atoms with Gasteiger partial charge in [0.25, 0.3) is 6.01 Å². The molecule has 3 aromatic rings. The Morgan fingerprint density at radius 3 is 2.53 bits per heavy atom. The number of aromatic carboxylic acids is 1. The van der Waals surface area contributed by atoms with Gasteiger partial charge in [-0.05, 0) is 62.1 Å². The Bertz CT molecular complexity index is 1240. The van der Waals surface area contributed by atoms with Crippen LogP contribution in [-0.4, -0.2) is 47.3 Å². The van der Waals surface area contributed by atoms with Gasteiger partial charge in [-0.2, -0.15) is 13.2 Å². The number of piperidine rings is 1. The molecule has 3 atom stereocenters. The van der Waals surface area contributed by atoms with Gasteiger partial charge < -0.3 is 25.1 Å². The molecule has 2 fully saturated rings. The lowest BCUT2D eigenvalue weighted by Gasteiger charge is -2.40. The molecule has 38 heavy (non-hydrogen) atoms. The second-order valence-electron chi connectivity index (χ2n) is 10.1. The van der Waals surface area contributed by atoms with Crippen LogP contribution in [0.1, 0.15) is 54.4 Å². The van der Waals surface area contributed by atoms with Crippen molar-refractivity contribution < 1.29 is 27.5 Å². The van der Waals surface area contributed by atoms with E-state index in [9.17, 15) is 23.1 Å². The van der Waals surface area contributed by atoms with Crippen LogP contribution < -0.4 is 15.5 Å². The van der Waals surface area contributed by atoms with E-state index in [-0.39, 0.29) is 23.7 Å². The first kappa shape index (κ1) is 26.1. The van der Waals surface area contributed by atoms with Crippen molar-refractivity contribution in [2.75, 3.05) is 23.3 Å². The van der Waals surface area contributed by atoms with Crippen LogP contribution in [0.5, 0.6) is 0 Å². The summed E-state index contributed by atoms with van der Waals surface area (Å²) >= 11 is 0. The summed E-state index contributed by atoms with van der Waals surface area (Å²) in [4.78, 5) is 17.8. The Kier molecular flexibility index (Phi) is 7.60. The zero-order valence-corrected chi connectivity index (χ0v) is 20.9. The number of aromatic nitrogens is 1. The third kappa shape index (κ3) is 6.12. The van der Waals surface area contributed by atoms with Crippen molar-refractivity contribution in [1.82, 2.24) is 10.3 Å². The minimum atomic E-state index is -4.33. The maximum atomic E-state index is 12.9. The number of oxazole rings is 1. The number of benzene rings is 2. The predicted molar refractivity (Wildman–Crippen MR) is 138 cm³/mol. The van der Waals surface area contributed by atoms with E-state index >= 15 is 0 Å². The van der Waals surface area contributed by atoms with Crippen LogP contribution in [0.2, 0.25) is 0 Å². The zero-order chi connectivity index (χ0) is 26.7. The molecule has 7 nitrogen and oxygen atoms in total. The summed E-state index contributed by atoms with van der Waals surface area (Å²) in [5.41, 5.74) is 1.01. The normalized spacial score (nSPS) is 22.3. The fraction of sp³-hybridized carbons (Fsp3) is 0.429. The highest BCUT2D eigenvalue weighted by Gasteiger charge is 2.32. The smallest absolute Gasteiger partial charge is 0.416 e. The number of nitrogens with zero attached hydrogens (tertiary/aromatic N) is 2. The average Bonchev–Trinajstić information content (AvgIpc) is 3.38. The number of carboxylic acid groups (broad SMARTS) is 1. The Morgan fingerprint density at radius 2 is 1.79 bits per heavy atom. The maximum Gasteiger partial charge on any atom is 0.416 e. The molecule has 1 saturated heterocycles. The fourth-order valence-electron chi connectivity index (χ4n) is 5.45. The molecule has 3 N–H and O–H groups in total. The molecule has 10 heteroatoms. The van der Waals surface area contributed by atoms with Gasteiger partial charge in [-0.3, -0.25) is 0 Å². The van der Waals surface area contributed by atoms with E-state index in [2.05, 4.69) is 20.5 Å². The number of rotatable bonds is 7. The Labute approximate surface area is 219 Å². The number of nitrogens with one attached hydrogen (secondary N) is 2. The van der Waals surface area contributed by atoms with E-state index < -0.39 is 17.7 Å². The SMILES string of the molecule is O=C(O)c1cccc(-c2cnc(N[C@@H]3CCCC[C@H]3NC3CCCN(c4ccc(C(F)(F)F)cc4)C3)o2)c1. The number of alkyl halides is 3. The van der Waals surface area contributed by atoms with Crippen molar-refractivity contribution in [3.05, 3.63) is 65.9 Å². The molecule has 1 aliphatic carbocycles. The standard InChI is InChI=1S/C28H31F3N4O3/c29-28(30,31)20-10-12-22(13-11-20)35-14-4-7-21(17-35)33-23-8-1-2-9-24(23)34-27-32-16-25(38-27)18-5-3-6-19(15-18)26(36)37/h3,5-6,10-13,15-16,21,23-24,33H,1-2,4,7-9,14,17H2,(H,32,34)(H,36,37)/t21?,23-,24-/m1/s1. The largest absolute Gasteiger partial charge is 0.478 e. The number of anilines is 2. The summed E-state index contributed by atoms with van der Waals surface area (Å²) in [7, 11) is 0. The number of hydrogen-bond acceptors (Lipinski definition) is 6. The second-order valence-corrected chi connectivity index (χ2v) is 10.1. The van der Waals surface area contributed by atoms with Crippen LogP contribution in [0, 0.1) is 0 Å². The molecule has 1 aliphatic heterocycles. The molecule has 0 radical (unpaired) electrons. The van der Waals surface area contributed by atoms with E-state index in [4.69, 9.17) is 4.42 Å². The molecule has 1 aromatic heterocycles. The van der Waals surface area contributed by atoms with Gasteiger partial charge in [0.15, 0.2) is 5.76 Å². The lowest BCUT2D eigenvalue weighted by Crippen LogP contribution is -2.54. The van der Waals surface area contributed by atoms with Gasteiger partial charge >= 0.3 is 12.1 Å². The topological polar surface area (TPSA) is 90.6 Å². The molecule has 202 valence electrons. The van der Waals surface area contributed by atoms with E-state index in [1.54, 1.807) is 36.5 Å². The highest BCUT2D eigenvalue weighted by Crippen LogP contribution is 2.32. The molecule has 0 amide bonds. The monoisotopic (exact) mass is 528 g/mol. The number of carbonyl (C=O) groups is 1. The van der Waals surface area contributed by atoms with Crippen LogP contribution in [0.4, 0.5) is 24.9 Å². The van der Waals surface area contributed by atoms with Gasteiger partial charge in [0, 0.05) is 42.5 Å². The third-order valence-electron chi connectivity index (χ3n) is 7.41. The minimum absolute atomic E-state index is 0.113.